The van der Waals surface area contributed by atoms with Gasteiger partial charge >= 0.3 is 0 Å². The number of hydrogen-bond acceptors (Lipinski definition) is 4. The van der Waals surface area contributed by atoms with Crippen LogP contribution >= 0.6 is 0 Å². The average molecular weight is 356 g/mol. The highest BCUT2D eigenvalue weighted by Gasteiger charge is 2.25. The molecule has 0 aliphatic carbocycles. The van der Waals surface area contributed by atoms with Gasteiger partial charge in [-0.05, 0) is 67.2 Å². The minimum atomic E-state index is 0.108. The topological polar surface area (TPSA) is 72.8 Å². The highest BCUT2D eigenvalue weighted by Crippen LogP contribution is 2.26. The van der Waals surface area contributed by atoms with Crippen molar-refractivity contribution in [3.63, 3.8) is 0 Å². The molecule has 27 heavy (non-hydrogen) atoms. The number of nitrogens with one attached hydrogen (secondary N) is 2. The summed E-state index contributed by atoms with van der Waals surface area (Å²) in [5.41, 5.74) is 4.74. The lowest BCUT2D eigenvalue weighted by Gasteiger charge is -2.16. The number of aliphatic hydroxyl groups is 1. The molecule has 0 saturated heterocycles. The lowest BCUT2D eigenvalue weighted by Crippen LogP contribution is -2.27. The van der Waals surface area contributed by atoms with Gasteiger partial charge in [-0.15, -0.1) is 0 Å². The number of aromatic amines is 1. The van der Waals surface area contributed by atoms with Crippen LogP contribution in [0.5, 0.6) is 0 Å². The second-order valence-electron chi connectivity index (χ2n) is 7.03. The fraction of sp³-hybridized carbons (Fsp3) is 0.182. The molecule has 134 valence electrons. The van der Waals surface area contributed by atoms with E-state index in [0.29, 0.717) is 6.42 Å². The molecule has 0 fully saturated rings. The summed E-state index contributed by atoms with van der Waals surface area (Å²) in [6, 6.07) is 4.20. The van der Waals surface area contributed by atoms with Crippen LogP contribution in [-0.2, 0) is 0 Å². The van der Waals surface area contributed by atoms with Crippen molar-refractivity contribution in [2.75, 3.05) is 6.61 Å². The van der Waals surface area contributed by atoms with Crippen LogP contribution in [0.2, 0.25) is 0 Å². The van der Waals surface area contributed by atoms with Gasteiger partial charge in [0.2, 0.25) is 0 Å². The molecule has 0 amide bonds. The molecule has 4 aliphatic heterocycles. The Morgan fingerprint density at radius 2 is 1.56 bits per heavy atom. The van der Waals surface area contributed by atoms with E-state index in [1.807, 2.05) is 48.6 Å². The maximum absolute atomic E-state index is 9.43. The van der Waals surface area contributed by atoms with Gasteiger partial charge in [0.15, 0.2) is 0 Å². The molecule has 4 aliphatic rings. The summed E-state index contributed by atoms with van der Waals surface area (Å²) in [6.07, 6.45) is 19.2. The number of hydrogen-bond donors (Lipinski definition) is 3. The van der Waals surface area contributed by atoms with Crippen LogP contribution in [0.4, 0.5) is 0 Å². The smallest absolute Gasteiger partial charge is 0.0658 e. The zero-order chi connectivity index (χ0) is 18.2. The lowest BCUT2D eigenvalue weighted by atomic mass is 9.98. The molecule has 5 heteroatoms. The van der Waals surface area contributed by atoms with Crippen LogP contribution in [0.25, 0.3) is 12.2 Å². The van der Waals surface area contributed by atoms with Gasteiger partial charge < -0.3 is 15.4 Å². The summed E-state index contributed by atoms with van der Waals surface area (Å²) in [5, 5.41) is 15.0. The summed E-state index contributed by atoms with van der Waals surface area (Å²) in [7, 11) is 0. The van der Waals surface area contributed by atoms with Gasteiger partial charge in [0.25, 0.3) is 0 Å². The van der Waals surface area contributed by atoms with Gasteiger partial charge in [-0.1, -0.05) is 6.08 Å². The first-order valence-electron chi connectivity index (χ1n) is 9.20. The standard InChI is InChI=1S/C22H20N4O/c27-8-7-14-9-21-12-19-4-3-17(24-19)10-15-1-2-16(23-15)11-18-5-6-20(25-18)13-22(14)26-21/h1-6,9-14,22-23,26-27H,7-8H2/b15-10-,16-11-,19-12-,20-13-. The van der Waals surface area contributed by atoms with E-state index in [1.165, 1.54) is 0 Å². The molecule has 5 nitrogen and oxygen atoms in total. The zero-order valence-electron chi connectivity index (χ0n) is 14.8. The Kier molecular flexibility index (Phi) is 3.87. The maximum atomic E-state index is 9.43. The summed E-state index contributed by atoms with van der Waals surface area (Å²) in [5.74, 6) is 0.229. The van der Waals surface area contributed by atoms with E-state index in [-0.39, 0.29) is 18.6 Å². The third-order valence-electron chi connectivity index (χ3n) is 5.01. The number of allylic oxidation sites excluding steroid dienone is 5. The number of aromatic nitrogens is 1. The third kappa shape index (κ3) is 3.29. The highest BCUT2D eigenvalue weighted by atomic mass is 16.3. The van der Waals surface area contributed by atoms with Crippen molar-refractivity contribution in [1.82, 2.24) is 10.3 Å². The predicted octanol–water partition coefficient (Wildman–Crippen LogP) is 1.23. The van der Waals surface area contributed by atoms with E-state index in [2.05, 4.69) is 33.5 Å². The number of H-pyrrole nitrogens is 1. The van der Waals surface area contributed by atoms with Gasteiger partial charge in [-0.25, -0.2) is 9.98 Å². The molecule has 0 spiro atoms. The van der Waals surface area contributed by atoms with Crippen molar-refractivity contribution in [3.8, 4) is 0 Å². The van der Waals surface area contributed by atoms with Crippen molar-refractivity contribution in [2.24, 2.45) is 15.9 Å². The molecule has 5 heterocycles. The van der Waals surface area contributed by atoms with E-state index in [4.69, 9.17) is 4.99 Å². The minimum absolute atomic E-state index is 0.108. The SMILES string of the molecule is OCCC1C=C2/C=C3/C=CC(=N3)/C=c3/cc/c([nH]3)=C/C3=NC(=C\C1N2)/C=C3. The Hall–Kier alpha value is -3.18. The Balaban J connectivity index is 1.63. The number of nitrogens with zero attached hydrogens (tertiary/aromatic N) is 2. The number of rotatable bonds is 2. The Morgan fingerprint density at radius 3 is 2.30 bits per heavy atom. The van der Waals surface area contributed by atoms with Crippen LogP contribution in [0.3, 0.4) is 0 Å². The first kappa shape index (κ1) is 16.0. The zero-order valence-corrected chi connectivity index (χ0v) is 14.8. The third-order valence-corrected chi connectivity index (χ3v) is 5.01. The fourth-order valence-electron chi connectivity index (χ4n) is 3.73. The van der Waals surface area contributed by atoms with Crippen LogP contribution < -0.4 is 16.0 Å². The first-order valence-corrected chi connectivity index (χ1v) is 9.20. The predicted molar refractivity (Wildman–Crippen MR) is 108 cm³/mol. The van der Waals surface area contributed by atoms with Gasteiger partial charge in [-0.3, -0.25) is 0 Å². The molecule has 3 N–H and O–H groups in total. The molecular formula is C22H20N4O. The van der Waals surface area contributed by atoms with Gasteiger partial charge in [0, 0.05) is 28.9 Å². The molecule has 5 rings (SSSR count). The first-order chi connectivity index (χ1) is 13.2. The van der Waals surface area contributed by atoms with Gasteiger partial charge in [-0.2, -0.15) is 0 Å². The minimum Gasteiger partial charge on any atom is -0.396 e. The van der Waals surface area contributed by atoms with Crippen LogP contribution in [0.1, 0.15) is 6.42 Å². The Labute approximate surface area is 156 Å². The van der Waals surface area contributed by atoms with E-state index in [1.54, 1.807) is 0 Å². The van der Waals surface area contributed by atoms with Crippen molar-refractivity contribution in [1.29, 1.82) is 0 Å². The molecule has 1 aromatic rings. The average Bonchev–Trinajstić information content (AvgIpc) is 3.41. The molecule has 2 atom stereocenters. The number of fused-ring (bicyclic) bond motifs is 6. The van der Waals surface area contributed by atoms with Gasteiger partial charge in [0.05, 0.1) is 28.9 Å². The van der Waals surface area contributed by atoms with Crippen LogP contribution in [0, 0.1) is 5.92 Å². The second-order valence-corrected chi connectivity index (χ2v) is 7.03. The van der Waals surface area contributed by atoms with E-state index < -0.39 is 0 Å². The molecule has 2 unspecified atom stereocenters. The van der Waals surface area contributed by atoms with Crippen molar-refractivity contribution in [3.05, 3.63) is 82.5 Å². The maximum Gasteiger partial charge on any atom is 0.0658 e. The van der Waals surface area contributed by atoms with Crippen LogP contribution in [0.15, 0.2) is 81.7 Å². The van der Waals surface area contributed by atoms with Gasteiger partial charge in [0.1, 0.15) is 0 Å². The second kappa shape index (κ2) is 6.52. The van der Waals surface area contributed by atoms with E-state index >= 15 is 0 Å². The molecule has 0 saturated carbocycles. The monoisotopic (exact) mass is 356 g/mol. The highest BCUT2D eigenvalue weighted by molar-refractivity contribution is 6.20. The molecule has 1 aromatic heterocycles. The largest absolute Gasteiger partial charge is 0.396 e. The van der Waals surface area contributed by atoms with Crippen LogP contribution in [-0.4, -0.2) is 34.2 Å². The molecule has 0 aromatic carbocycles. The van der Waals surface area contributed by atoms with Crippen molar-refractivity contribution < 1.29 is 5.11 Å². The summed E-state index contributed by atoms with van der Waals surface area (Å²) < 4.78 is 0. The summed E-state index contributed by atoms with van der Waals surface area (Å²) >= 11 is 0. The van der Waals surface area contributed by atoms with E-state index in [9.17, 15) is 5.11 Å². The quantitative estimate of drug-likeness (QED) is 0.746. The number of aliphatic imine (C=N–C) groups is 2. The number of aliphatic hydroxyl groups excluding tert-OH is 1. The molecular weight excluding hydrogens is 336 g/mol. The summed E-state index contributed by atoms with van der Waals surface area (Å²) in [4.78, 5) is 12.8. The molecule has 8 bridgehead atoms. The van der Waals surface area contributed by atoms with E-state index in [0.717, 1.165) is 39.2 Å². The normalized spacial score (nSPS) is 31.4. The summed E-state index contributed by atoms with van der Waals surface area (Å²) in [6.45, 7) is 0.163. The Bertz CT molecular complexity index is 1120. The fourth-order valence-corrected chi connectivity index (χ4v) is 3.73. The van der Waals surface area contributed by atoms with Crippen molar-refractivity contribution in [2.45, 2.75) is 12.5 Å². The van der Waals surface area contributed by atoms with Crippen molar-refractivity contribution >= 4 is 23.6 Å². The molecule has 0 radical (unpaired) electrons. The Morgan fingerprint density at radius 1 is 0.852 bits per heavy atom. The lowest BCUT2D eigenvalue weighted by molar-refractivity contribution is 0.265.